The summed E-state index contributed by atoms with van der Waals surface area (Å²) in [6, 6.07) is 0.536. The van der Waals surface area contributed by atoms with Crippen LogP contribution in [0.1, 0.15) is 25.4 Å². The van der Waals surface area contributed by atoms with Crippen molar-refractivity contribution in [1.29, 1.82) is 0 Å². The minimum Gasteiger partial charge on any atom is -0.354 e. The van der Waals surface area contributed by atoms with Crippen molar-refractivity contribution in [1.82, 2.24) is 14.9 Å². The molecule has 0 bridgehead atoms. The van der Waals surface area contributed by atoms with E-state index < -0.39 is 12.2 Å². The first-order chi connectivity index (χ1) is 9.81. The van der Waals surface area contributed by atoms with Crippen molar-refractivity contribution in [3.8, 4) is 0 Å². The van der Waals surface area contributed by atoms with Gasteiger partial charge in [-0.1, -0.05) is 6.92 Å². The van der Waals surface area contributed by atoms with Crippen LogP contribution in [0.4, 0.5) is 19.0 Å². The monoisotopic (exact) mass is 302 g/mol. The molecule has 21 heavy (non-hydrogen) atoms. The third-order valence-corrected chi connectivity index (χ3v) is 3.90. The lowest BCUT2D eigenvalue weighted by Gasteiger charge is -2.39. The fourth-order valence-electron chi connectivity index (χ4n) is 2.50. The fraction of sp³-hybridized carbons (Fsp3) is 0.714. The van der Waals surface area contributed by atoms with Gasteiger partial charge in [-0.15, -0.1) is 0 Å². The molecule has 1 saturated heterocycles. The van der Waals surface area contributed by atoms with Gasteiger partial charge in [0.15, 0.2) is 0 Å². The predicted octanol–water partition coefficient (Wildman–Crippen LogP) is 2.42. The average molecular weight is 302 g/mol. The van der Waals surface area contributed by atoms with Crippen molar-refractivity contribution < 1.29 is 13.2 Å². The molecule has 1 unspecified atom stereocenters. The quantitative estimate of drug-likeness (QED) is 0.858. The van der Waals surface area contributed by atoms with Crippen LogP contribution in [0.25, 0.3) is 0 Å². The Morgan fingerprint density at radius 3 is 2.33 bits per heavy atom. The van der Waals surface area contributed by atoms with Crippen LogP contribution in [0.15, 0.2) is 6.07 Å². The van der Waals surface area contributed by atoms with Gasteiger partial charge in [0, 0.05) is 37.9 Å². The van der Waals surface area contributed by atoms with E-state index >= 15 is 0 Å². The lowest BCUT2D eigenvalue weighted by atomic mass is 10.2. The molecule has 1 aliphatic rings. The van der Waals surface area contributed by atoms with Crippen molar-refractivity contribution in [3.05, 3.63) is 17.6 Å². The summed E-state index contributed by atoms with van der Waals surface area (Å²) >= 11 is 0. The molecular formula is C14H21F3N4. The normalized spacial score (nSPS) is 18.9. The molecule has 1 atom stereocenters. The lowest BCUT2D eigenvalue weighted by molar-refractivity contribution is -0.179. The molecule has 1 fully saturated rings. The van der Waals surface area contributed by atoms with Gasteiger partial charge >= 0.3 is 6.18 Å². The van der Waals surface area contributed by atoms with Crippen molar-refractivity contribution in [3.63, 3.8) is 0 Å². The first kappa shape index (κ1) is 16.0. The van der Waals surface area contributed by atoms with Crippen LogP contribution in [0.5, 0.6) is 0 Å². The predicted molar refractivity (Wildman–Crippen MR) is 75.5 cm³/mol. The first-order valence-corrected chi connectivity index (χ1v) is 7.21. The Hall–Kier alpha value is -1.37. The summed E-state index contributed by atoms with van der Waals surface area (Å²) in [6.45, 7) is 6.98. The summed E-state index contributed by atoms with van der Waals surface area (Å²) in [5.41, 5.74) is 0.962. The van der Waals surface area contributed by atoms with Crippen LogP contribution in [0.2, 0.25) is 0 Å². The van der Waals surface area contributed by atoms with Gasteiger partial charge in [0.25, 0.3) is 0 Å². The van der Waals surface area contributed by atoms with Crippen molar-refractivity contribution in [2.24, 2.45) is 0 Å². The molecule has 0 spiro atoms. The summed E-state index contributed by atoms with van der Waals surface area (Å²) in [6.07, 6.45) is -3.34. The SMILES string of the molecule is CCc1cc(N2CCN(C(C)C(F)(F)F)CC2)nc(C)n1. The zero-order valence-corrected chi connectivity index (χ0v) is 12.6. The van der Waals surface area contributed by atoms with Crippen LogP contribution < -0.4 is 4.90 Å². The average Bonchev–Trinajstić information content (AvgIpc) is 2.45. The Bertz CT molecular complexity index is 482. The van der Waals surface area contributed by atoms with E-state index in [1.54, 1.807) is 0 Å². The van der Waals surface area contributed by atoms with Gasteiger partial charge in [0.05, 0.1) is 0 Å². The number of piperazine rings is 1. The van der Waals surface area contributed by atoms with Crippen molar-refractivity contribution in [2.75, 3.05) is 31.1 Å². The molecule has 1 aromatic rings. The number of halogens is 3. The molecular weight excluding hydrogens is 281 g/mol. The summed E-state index contributed by atoms with van der Waals surface area (Å²) < 4.78 is 38.2. The van der Waals surface area contributed by atoms with Crippen molar-refractivity contribution >= 4 is 5.82 Å². The van der Waals surface area contributed by atoms with E-state index in [4.69, 9.17) is 0 Å². The van der Waals surface area contributed by atoms with Crippen LogP contribution in [-0.4, -0.2) is 53.3 Å². The summed E-state index contributed by atoms with van der Waals surface area (Å²) in [4.78, 5) is 12.2. The number of hydrogen-bond donors (Lipinski definition) is 0. The number of anilines is 1. The summed E-state index contributed by atoms with van der Waals surface area (Å²) in [5.74, 6) is 1.52. The van der Waals surface area contributed by atoms with Crippen LogP contribution >= 0.6 is 0 Å². The van der Waals surface area contributed by atoms with Gasteiger partial charge in [0.2, 0.25) is 0 Å². The number of aromatic nitrogens is 2. The van der Waals surface area contributed by atoms with E-state index in [0.29, 0.717) is 32.0 Å². The molecule has 2 rings (SSSR count). The summed E-state index contributed by atoms with van der Waals surface area (Å²) in [5, 5.41) is 0. The van der Waals surface area contributed by atoms with Gasteiger partial charge in [-0.05, 0) is 20.3 Å². The molecule has 1 aromatic heterocycles. The lowest BCUT2D eigenvalue weighted by Crippen LogP contribution is -2.53. The van der Waals surface area contributed by atoms with Crippen molar-refractivity contribution in [2.45, 2.75) is 39.4 Å². The standard InChI is InChI=1S/C14H21F3N4/c1-4-12-9-13(19-11(3)18-12)21-7-5-20(6-8-21)10(2)14(15,16)17/h9-10H,4-8H2,1-3H3. The number of alkyl halides is 3. The van der Waals surface area contributed by atoms with Gasteiger partial charge in [-0.3, -0.25) is 4.90 Å². The highest BCUT2D eigenvalue weighted by atomic mass is 19.4. The smallest absolute Gasteiger partial charge is 0.354 e. The minimum atomic E-state index is -4.16. The zero-order chi connectivity index (χ0) is 15.6. The van der Waals surface area contributed by atoms with E-state index in [-0.39, 0.29) is 0 Å². The second kappa shape index (κ2) is 6.17. The molecule has 4 nitrogen and oxygen atoms in total. The maximum atomic E-state index is 12.7. The number of nitrogens with zero attached hydrogens (tertiary/aromatic N) is 4. The third kappa shape index (κ3) is 3.84. The second-order valence-electron chi connectivity index (χ2n) is 5.36. The molecule has 7 heteroatoms. The number of rotatable bonds is 3. The fourth-order valence-corrected chi connectivity index (χ4v) is 2.50. The van der Waals surface area contributed by atoms with Crippen LogP contribution in [0.3, 0.4) is 0 Å². The molecule has 118 valence electrons. The Morgan fingerprint density at radius 1 is 1.19 bits per heavy atom. The molecule has 2 heterocycles. The largest absolute Gasteiger partial charge is 0.403 e. The van der Waals surface area contributed by atoms with E-state index in [9.17, 15) is 13.2 Å². The topological polar surface area (TPSA) is 32.3 Å². The number of aryl methyl sites for hydroxylation is 2. The van der Waals surface area contributed by atoms with Gasteiger partial charge in [-0.2, -0.15) is 13.2 Å². The maximum Gasteiger partial charge on any atom is 0.403 e. The van der Waals surface area contributed by atoms with Crippen LogP contribution in [0, 0.1) is 6.92 Å². The molecule has 0 radical (unpaired) electrons. The molecule has 0 amide bonds. The minimum absolute atomic E-state index is 0.394. The van der Waals surface area contributed by atoms with E-state index in [1.165, 1.54) is 11.8 Å². The maximum absolute atomic E-state index is 12.7. The molecule has 0 saturated carbocycles. The Labute approximate surface area is 123 Å². The molecule has 0 aromatic carbocycles. The van der Waals surface area contributed by atoms with Crippen LogP contribution in [-0.2, 0) is 6.42 Å². The third-order valence-electron chi connectivity index (χ3n) is 3.90. The van der Waals surface area contributed by atoms with Gasteiger partial charge in [-0.25, -0.2) is 9.97 Å². The van der Waals surface area contributed by atoms with E-state index in [0.717, 1.165) is 17.9 Å². The zero-order valence-electron chi connectivity index (χ0n) is 12.6. The molecule has 0 N–H and O–H groups in total. The Balaban J connectivity index is 2.03. The molecule has 0 aliphatic carbocycles. The van der Waals surface area contributed by atoms with E-state index in [1.807, 2.05) is 24.8 Å². The second-order valence-corrected chi connectivity index (χ2v) is 5.36. The highest BCUT2D eigenvalue weighted by Crippen LogP contribution is 2.26. The first-order valence-electron chi connectivity index (χ1n) is 7.21. The highest BCUT2D eigenvalue weighted by molar-refractivity contribution is 5.40. The van der Waals surface area contributed by atoms with Gasteiger partial charge < -0.3 is 4.90 Å². The van der Waals surface area contributed by atoms with Gasteiger partial charge in [0.1, 0.15) is 17.7 Å². The summed E-state index contributed by atoms with van der Waals surface area (Å²) in [7, 11) is 0. The molecule has 1 aliphatic heterocycles. The number of hydrogen-bond acceptors (Lipinski definition) is 4. The Kier molecular flexibility index (Phi) is 4.70. The highest BCUT2D eigenvalue weighted by Gasteiger charge is 2.40. The van der Waals surface area contributed by atoms with E-state index in [2.05, 4.69) is 9.97 Å². The Morgan fingerprint density at radius 2 is 1.81 bits per heavy atom.